The zero-order valence-corrected chi connectivity index (χ0v) is 17.2. The summed E-state index contributed by atoms with van der Waals surface area (Å²) >= 11 is 0.768. The maximum absolute atomic E-state index is 14.2. The molecular formula is C20H18FN2O6S+. The fraction of sp³-hybridized carbons (Fsp3) is 0.200. The Bertz CT molecular complexity index is 1040. The Labute approximate surface area is 175 Å². The van der Waals surface area contributed by atoms with Crippen molar-refractivity contribution in [1.29, 1.82) is 0 Å². The fourth-order valence-corrected chi connectivity index (χ4v) is 3.50. The van der Waals surface area contributed by atoms with Crippen LogP contribution in [0.1, 0.15) is 11.1 Å². The van der Waals surface area contributed by atoms with Crippen LogP contribution in [-0.4, -0.2) is 37.2 Å². The highest BCUT2D eigenvalue weighted by molar-refractivity contribution is 8.18. The molecule has 1 saturated heterocycles. The van der Waals surface area contributed by atoms with Crippen LogP contribution in [0.5, 0.6) is 17.2 Å². The number of nitrogens with zero attached hydrogens (tertiary/aromatic N) is 1. The summed E-state index contributed by atoms with van der Waals surface area (Å²) in [4.78, 5) is 35.1. The quantitative estimate of drug-likeness (QED) is 0.524. The van der Waals surface area contributed by atoms with E-state index in [-0.39, 0.29) is 22.8 Å². The van der Waals surface area contributed by atoms with E-state index in [0.717, 1.165) is 11.8 Å². The van der Waals surface area contributed by atoms with Crippen LogP contribution >= 0.6 is 11.8 Å². The van der Waals surface area contributed by atoms with Gasteiger partial charge in [-0.15, -0.1) is 0 Å². The number of carbonyl (C=O) groups excluding carboxylic acids is 2. The van der Waals surface area contributed by atoms with Crippen molar-refractivity contribution in [1.82, 2.24) is 5.32 Å². The average molecular weight is 433 g/mol. The van der Waals surface area contributed by atoms with Crippen molar-refractivity contribution in [2.45, 2.75) is 6.61 Å². The number of rotatable bonds is 7. The van der Waals surface area contributed by atoms with E-state index in [4.69, 9.17) is 14.2 Å². The Balaban J connectivity index is 1.93. The zero-order valence-electron chi connectivity index (χ0n) is 16.4. The van der Waals surface area contributed by atoms with Gasteiger partial charge in [-0.25, -0.2) is 4.39 Å². The van der Waals surface area contributed by atoms with Crippen molar-refractivity contribution in [3.05, 3.63) is 57.1 Å². The monoisotopic (exact) mass is 433 g/mol. The Morgan fingerprint density at radius 1 is 1.17 bits per heavy atom. The molecule has 2 amide bonds. The van der Waals surface area contributed by atoms with E-state index in [9.17, 15) is 18.9 Å². The number of hydrogen-bond acceptors (Lipinski definition) is 7. The molecule has 1 heterocycles. The molecule has 1 fully saturated rings. The number of halogens is 1. The van der Waals surface area contributed by atoms with Crippen molar-refractivity contribution < 1.29 is 33.0 Å². The van der Waals surface area contributed by atoms with Gasteiger partial charge in [-0.3, -0.25) is 14.9 Å². The molecule has 0 aromatic heterocycles. The van der Waals surface area contributed by atoms with Crippen molar-refractivity contribution in [3.8, 4) is 17.2 Å². The second kappa shape index (κ2) is 8.95. The van der Waals surface area contributed by atoms with Crippen molar-refractivity contribution in [2.24, 2.45) is 0 Å². The van der Waals surface area contributed by atoms with Gasteiger partial charge in [0, 0.05) is 27.9 Å². The predicted molar refractivity (Wildman–Crippen MR) is 109 cm³/mol. The first kappa shape index (κ1) is 21.3. The summed E-state index contributed by atoms with van der Waals surface area (Å²) in [5.41, 5.74) is 0.700. The molecule has 1 aliphatic rings. The standard InChI is InChI=1S/C20H17FN2O6S/c1-23(26)15-6-4-5-14(21)13(15)10-29-11-7-16(27-2)12(17(8-11)28-3)9-18-19(24)22-20(25)30-18/h4-9H,10H2,1-3H3/p+1/b18-9-. The summed E-state index contributed by atoms with van der Waals surface area (Å²) in [5, 5.41) is 1.71. The molecule has 156 valence electrons. The van der Waals surface area contributed by atoms with Gasteiger partial charge in [-0.1, -0.05) is 6.07 Å². The molecule has 0 atom stereocenters. The number of benzene rings is 2. The van der Waals surface area contributed by atoms with E-state index >= 15 is 0 Å². The van der Waals surface area contributed by atoms with Gasteiger partial charge in [0.05, 0.1) is 24.7 Å². The highest BCUT2D eigenvalue weighted by atomic mass is 32.2. The van der Waals surface area contributed by atoms with Crippen LogP contribution in [0.2, 0.25) is 0 Å². The Kier molecular flexibility index (Phi) is 6.36. The van der Waals surface area contributed by atoms with E-state index in [1.807, 2.05) is 0 Å². The lowest BCUT2D eigenvalue weighted by Gasteiger charge is -2.14. The van der Waals surface area contributed by atoms with Gasteiger partial charge in [-0.2, -0.15) is 0 Å². The molecule has 3 rings (SSSR count). The van der Waals surface area contributed by atoms with E-state index in [1.54, 1.807) is 0 Å². The first-order valence-electron chi connectivity index (χ1n) is 8.66. The Morgan fingerprint density at radius 3 is 2.37 bits per heavy atom. The van der Waals surface area contributed by atoms with Gasteiger partial charge in [0.2, 0.25) is 0 Å². The van der Waals surface area contributed by atoms with Crippen molar-refractivity contribution in [3.63, 3.8) is 0 Å². The van der Waals surface area contributed by atoms with Gasteiger partial charge < -0.3 is 14.2 Å². The minimum Gasteiger partial charge on any atom is -0.496 e. The molecule has 1 aliphatic heterocycles. The number of carbonyl (C=O) groups is 2. The Hall–Kier alpha value is -3.40. The summed E-state index contributed by atoms with van der Waals surface area (Å²) in [5.74, 6) is -0.139. The van der Waals surface area contributed by atoms with E-state index in [2.05, 4.69) is 5.32 Å². The number of thioether (sulfide) groups is 1. The highest BCUT2D eigenvalue weighted by Gasteiger charge is 2.26. The van der Waals surface area contributed by atoms with Crippen LogP contribution in [-0.2, 0) is 11.4 Å². The summed E-state index contributed by atoms with van der Waals surface area (Å²) in [6.07, 6.45) is 1.48. The van der Waals surface area contributed by atoms with Crippen molar-refractivity contribution >= 4 is 34.7 Å². The van der Waals surface area contributed by atoms with Crippen LogP contribution in [0, 0.1) is 10.7 Å². The molecular weight excluding hydrogens is 415 g/mol. The summed E-state index contributed by atoms with van der Waals surface area (Å²) in [7, 11) is 4.12. The van der Waals surface area contributed by atoms with Gasteiger partial charge >= 0.3 is 0 Å². The molecule has 2 aromatic rings. The maximum Gasteiger partial charge on any atom is 0.290 e. The maximum atomic E-state index is 14.2. The lowest BCUT2D eigenvalue weighted by Crippen LogP contribution is -2.17. The second-order valence-corrected chi connectivity index (χ2v) is 7.13. The van der Waals surface area contributed by atoms with Crippen LogP contribution in [0.25, 0.3) is 6.08 Å². The van der Waals surface area contributed by atoms with E-state index in [1.165, 1.54) is 57.7 Å². The summed E-state index contributed by atoms with van der Waals surface area (Å²) < 4.78 is 31.2. The number of imide groups is 1. The molecule has 0 spiro atoms. The number of methoxy groups -OCH3 is 2. The van der Waals surface area contributed by atoms with Crippen LogP contribution in [0.4, 0.5) is 14.9 Å². The second-order valence-electron chi connectivity index (χ2n) is 6.12. The molecule has 0 aliphatic carbocycles. The molecule has 1 N–H and O–H groups in total. The topological polar surface area (TPSA) is 93.9 Å². The number of ether oxygens (including phenoxy) is 3. The first-order chi connectivity index (χ1) is 14.3. The van der Waals surface area contributed by atoms with E-state index < -0.39 is 17.0 Å². The molecule has 8 nitrogen and oxygen atoms in total. The lowest BCUT2D eigenvalue weighted by molar-refractivity contribution is -0.429. The highest BCUT2D eigenvalue weighted by Crippen LogP contribution is 2.38. The minimum atomic E-state index is -0.565. The summed E-state index contributed by atoms with van der Waals surface area (Å²) in [6.45, 7) is -0.200. The molecule has 0 unspecified atom stereocenters. The third-order valence-electron chi connectivity index (χ3n) is 4.25. The first-order valence-corrected chi connectivity index (χ1v) is 9.47. The largest absolute Gasteiger partial charge is 0.496 e. The molecule has 0 radical (unpaired) electrons. The third-order valence-corrected chi connectivity index (χ3v) is 5.06. The number of hydrogen-bond donors (Lipinski definition) is 1. The van der Waals surface area contributed by atoms with Gasteiger partial charge in [0.1, 0.15) is 35.2 Å². The number of nitroso groups, excluding NO2 is 1. The van der Waals surface area contributed by atoms with Gasteiger partial charge in [0.15, 0.2) is 7.05 Å². The smallest absolute Gasteiger partial charge is 0.290 e. The lowest BCUT2D eigenvalue weighted by atomic mass is 10.1. The number of amides is 2. The predicted octanol–water partition coefficient (Wildman–Crippen LogP) is 3.79. The molecule has 2 aromatic carbocycles. The van der Waals surface area contributed by atoms with Crippen LogP contribution in [0.3, 0.4) is 0 Å². The zero-order chi connectivity index (χ0) is 21.8. The minimum absolute atomic E-state index is 0.108. The average Bonchev–Trinajstić information content (AvgIpc) is 3.03. The van der Waals surface area contributed by atoms with Crippen LogP contribution < -0.4 is 19.5 Å². The fourth-order valence-electron chi connectivity index (χ4n) is 2.83. The number of nitrogens with one attached hydrogen (secondary N) is 1. The van der Waals surface area contributed by atoms with Gasteiger partial charge in [-0.05, 0) is 23.9 Å². The molecule has 0 saturated carbocycles. The molecule has 30 heavy (non-hydrogen) atoms. The van der Waals surface area contributed by atoms with Gasteiger partial charge in [0.25, 0.3) is 16.8 Å². The SMILES string of the molecule is COc1cc(OCc2c(F)cccc2[N+](C)=O)cc(OC)c1/C=C1\SC(=O)NC1=O. The Morgan fingerprint density at radius 2 is 1.83 bits per heavy atom. The molecule has 10 heteroatoms. The normalized spacial score (nSPS) is 14.6. The third kappa shape index (κ3) is 4.43. The van der Waals surface area contributed by atoms with E-state index in [0.29, 0.717) is 27.6 Å². The van der Waals surface area contributed by atoms with Crippen LogP contribution in [0.15, 0.2) is 35.2 Å². The molecule has 0 bridgehead atoms. The van der Waals surface area contributed by atoms with Crippen molar-refractivity contribution in [2.75, 3.05) is 21.3 Å². The summed E-state index contributed by atoms with van der Waals surface area (Å²) in [6, 6.07) is 7.26.